The smallest absolute Gasteiger partial charge is 0.0401 e. The summed E-state index contributed by atoms with van der Waals surface area (Å²) in [5.41, 5.74) is 5.09. The van der Waals surface area contributed by atoms with Crippen molar-refractivity contribution in [3.63, 3.8) is 0 Å². The van der Waals surface area contributed by atoms with Gasteiger partial charge in [0.15, 0.2) is 0 Å². The largest absolute Gasteiger partial charge is 0.381 e. The van der Waals surface area contributed by atoms with E-state index in [1.807, 2.05) is 24.5 Å². The number of aromatic nitrogens is 1. The lowest BCUT2D eigenvalue weighted by atomic mass is 10.1. The second-order valence-corrected chi connectivity index (χ2v) is 3.96. The van der Waals surface area contributed by atoms with Crippen molar-refractivity contribution in [2.75, 3.05) is 5.32 Å². The number of hydrogen-bond acceptors (Lipinski definition) is 2. The second kappa shape index (κ2) is 4.79. The van der Waals surface area contributed by atoms with Gasteiger partial charge in [-0.15, -0.1) is 0 Å². The second-order valence-electron chi connectivity index (χ2n) is 3.96. The molecule has 1 aromatic carbocycles. The summed E-state index contributed by atoms with van der Waals surface area (Å²) in [5.74, 6) is 0. The molecule has 2 rings (SSSR count). The highest BCUT2D eigenvalue weighted by Crippen LogP contribution is 2.18. The van der Waals surface area contributed by atoms with Crippen LogP contribution in [0.25, 0.3) is 0 Å². The fraction of sp³-hybridized carbons (Fsp3) is 0.214. The number of nitrogens with one attached hydrogen (secondary N) is 1. The van der Waals surface area contributed by atoms with Crippen LogP contribution in [-0.2, 0) is 6.54 Å². The summed E-state index contributed by atoms with van der Waals surface area (Å²) in [7, 11) is 0. The summed E-state index contributed by atoms with van der Waals surface area (Å²) in [4.78, 5) is 4.00. The van der Waals surface area contributed by atoms with Gasteiger partial charge in [-0.25, -0.2) is 0 Å². The first-order chi connectivity index (χ1) is 7.77. The lowest BCUT2D eigenvalue weighted by Crippen LogP contribution is -2.01. The zero-order valence-corrected chi connectivity index (χ0v) is 9.70. The Hall–Kier alpha value is -1.83. The molecule has 0 spiro atoms. The Morgan fingerprint density at radius 1 is 1.06 bits per heavy atom. The summed E-state index contributed by atoms with van der Waals surface area (Å²) in [5, 5.41) is 3.44. The fourth-order valence-electron chi connectivity index (χ4n) is 1.64. The van der Waals surface area contributed by atoms with Gasteiger partial charge < -0.3 is 5.32 Å². The summed E-state index contributed by atoms with van der Waals surface area (Å²) >= 11 is 0. The van der Waals surface area contributed by atoms with Gasteiger partial charge in [0.25, 0.3) is 0 Å². The lowest BCUT2D eigenvalue weighted by molar-refractivity contribution is 1.12. The topological polar surface area (TPSA) is 24.9 Å². The normalized spacial score (nSPS) is 10.1. The molecule has 2 aromatic rings. The van der Waals surface area contributed by atoms with E-state index in [4.69, 9.17) is 0 Å². The third-order valence-corrected chi connectivity index (χ3v) is 2.84. The predicted molar refractivity (Wildman–Crippen MR) is 67.5 cm³/mol. The van der Waals surface area contributed by atoms with Crippen LogP contribution in [0.5, 0.6) is 0 Å². The van der Waals surface area contributed by atoms with E-state index in [1.54, 1.807) is 0 Å². The average molecular weight is 212 g/mol. The van der Waals surface area contributed by atoms with Crippen molar-refractivity contribution in [3.05, 3.63) is 59.4 Å². The minimum Gasteiger partial charge on any atom is -0.381 e. The summed E-state index contributed by atoms with van der Waals surface area (Å²) < 4.78 is 0. The number of pyridine rings is 1. The van der Waals surface area contributed by atoms with Crippen LogP contribution in [0.15, 0.2) is 42.7 Å². The molecule has 0 aliphatic heterocycles. The quantitative estimate of drug-likeness (QED) is 0.844. The van der Waals surface area contributed by atoms with Crippen molar-refractivity contribution in [1.29, 1.82) is 0 Å². The summed E-state index contributed by atoms with van der Waals surface area (Å²) in [6, 6.07) is 10.4. The highest BCUT2D eigenvalue weighted by Gasteiger charge is 1.99. The Balaban J connectivity index is 2.08. The van der Waals surface area contributed by atoms with E-state index in [2.05, 4.69) is 42.3 Å². The van der Waals surface area contributed by atoms with Gasteiger partial charge in [-0.3, -0.25) is 4.98 Å². The number of nitrogens with zero attached hydrogens (tertiary/aromatic N) is 1. The standard InChI is InChI=1S/C14H16N2/c1-11-4-3-5-14(12(11)2)16-10-13-6-8-15-9-7-13/h3-9,16H,10H2,1-2H3. The Bertz CT molecular complexity index is 463. The molecule has 2 nitrogen and oxygen atoms in total. The first kappa shape index (κ1) is 10.7. The Morgan fingerprint density at radius 3 is 2.56 bits per heavy atom. The van der Waals surface area contributed by atoms with Crippen LogP contribution < -0.4 is 5.32 Å². The molecule has 0 aliphatic carbocycles. The highest BCUT2D eigenvalue weighted by atomic mass is 14.9. The molecule has 16 heavy (non-hydrogen) atoms. The van der Waals surface area contributed by atoms with Gasteiger partial charge in [-0.1, -0.05) is 12.1 Å². The molecule has 0 atom stereocenters. The minimum absolute atomic E-state index is 0.840. The van der Waals surface area contributed by atoms with Crippen LogP contribution in [0, 0.1) is 13.8 Å². The zero-order chi connectivity index (χ0) is 11.4. The van der Waals surface area contributed by atoms with Crippen molar-refractivity contribution in [2.24, 2.45) is 0 Å². The van der Waals surface area contributed by atoms with E-state index in [0.29, 0.717) is 0 Å². The van der Waals surface area contributed by atoms with Crippen LogP contribution in [0.1, 0.15) is 16.7 Å². The molecule has 1 N–H and O–H groups in total. The SMILES string of the molecule is Cc1cccc(NCc2ccncc2)c1C. The van der Waals surface area contributed by atoms with Crippen molar-refractivity contribution < 1.29 is 0 Å². The molecule has 0 fully saturated rings. The van der Waals surface area contributed by atoms with Crippen molar-refractivity contribution in [3.8, 4) is 0 Å². The molecule has 0 saturated heterocycles. The van der Waals surface area contributed by atoms with E-state index >= 15 is 0 Å². The van der Waals surface area contributed by atoms with Gasteiger partial charge in [-0.05, 0) is 48.7 Å². The third-order valence-electron chi connectivity index (χ3n) is 2.84. The van der Waals surface area contributed by atoms with E-state index in [1.165, 1.54) is 22.4 Å². The van der Waals surface area contributed by atoms with Crippen LogP contribution in [0.3, 0.4) is 0 Å². The van der Waals surface area contributed by atoms with Crippen LogP contribution in [-0.4, -0.2) is 4.98 Å². The highest BCUT2D eigenvalue weighted by molar-refractivity contribution is 5.53. The molecule has 0 radical (unpaired) electrons. The summed E-state index contributed by atoms with van der Waals surface area (Å²) in [6.45, 7) is 5.12. The third kappa shape index (κ3) is 2.40. The maximum atomic E-state index is 4.00. The van der Waals surface area contributed by atoms with Gasteiger partial charge >= 0.3 is 0 Å². The van der Waals surface area contributed by atoms with Gasteiger partial charge in [-0.2, -0.15) is 0 Å². The average Bonchev–Trinajstić information content (AvgIpc) is 2.32. The Labute approximate surface area is 96.4 Å². The molecular formula is C14H16N2. The van der Waals surface area contributed by atoms with E-state index in [0.717, 1.165) is 6.54 Å². The molecule has 2 heteroatoms. The molecule has 0 unspecified atom stereocenters. The lowest BCUT2D eigenvalue weighted by Gasteiger charge is -2.11. The maximum Gasteiger partial charge on any atom is 0.0401 e. The molecule has 1 heterocycles. The monoisotopic (exact) mass is 212 g/mol. The van der Waals surface area contributed by atoms with E-state index < -0.39 is 0 Å². The van der Waals surface area contributed by atoms with Crippen LogP contribution >= 0.6 is 0 Å². The molecule has 0 aliphatic rings. The molecule has 0 saturated carbocycles. The molecule has 0 amide bonds. The van der Waals surface area contributed by atoms with Gasteiger partial charge in [0.2, 0.25) is 0 Å². The number of anilines is 1. The first-order valence-electron chi connectivity index (χ1n) is 5.46. The number of aryl methyl sites for hydroxylation is 1. The fourth-order valence-corrected chi connectivity index (χ4v) is 1.64. The maximum absolute atomic E-state index is 4.00. The van der Waals surface area contributed by atoms with E-state index in [9.17, 15) is 0 Å². The Kier molecular flexibility index (Phi) is 3.20. The van der Waals surface area contributed by atoms with Gasteiger partial charge in [0, 0.05) is 24.6 Å². The van der Waals surface area contributed by atoms with Gasteiger partial charge in [0.1, 0.15) is 0 Å². The molecule has 1 aromatic heterocycles. The van der Waals surface area contributed by atoms with E-state index in [-0.39, 0.29) is 0 Å². The molecular weight excluding hydrogens is 196 g/mol. The first-order valence-corrected chi connectivity index (χ1v) is 5.46. The van der Waals surface area contributed by atoms with Gasteiger partial charge in [0.05, 0.1) is 0 Å². The zero-order valence-electron chi connectivity index (χ0n) is 9.70. The number of rotatable bonds is 3. The summed E-state index contributed by atoms with van der Waals surface area (Å²) in [6.07, 6.45) is 3.64. The Morgan fingerprint density at radius 2 is 1.81 bits per heavy atom. The number of hydrogen-bond donors (Lipinski definition) is 1. The van der Waals surface area contributed by atoms with Crippen molar-refractivity contribution in [1.82, 2.24) is 4.98 Å². The minimum atomic E-state index is 0.840. The van der Waals surface area contributed by atoms with Crippen molar-refractivity contribution in [2.45, 2.75) is 20.4 Å². The molecule has 0 bridgehead atoms. The predicted octanol–water partition coefficient (Wildman–Crippen LogP) is 3.31. The van der Waals surface area contributed by atoms with Crippen LogP contribution in [0.4, 0.5) is 5.69 Å². The van der Waals surface area contributed by atoms with Crippen LogP contribution in [0.2, 0.25) is 0 Å². The molecule has 82 valence electrons. The van der Waals surface area contributed by atoms with Crippen molar-refractivity contribution >= 4 is 5.69 Å². The number of benzene rings is 1.